The van der Waals surface area contributed by atoms with Crippen LogP contribution in [-0.2, 0) is 9.47 Å². The smallest absolute Gasteiger partial charge is 0.396 e. The molecular formula is C30H32F3N5O3S. The van der Waals surface area contributed by atoms with Crippen LogP contribution in [0, 0.1) is 19.8 Å². The van der Waals surface area contributed by atoms with E-state index >= 15 is 0 Å². The van der Waals surface area contributed by atoms with Gasteiger partial charge in [-0.05, 0) is 58.2 Å². The number of benzene rings is 2. The standard InChI is InChI=1S/C30H32F3N5O3S/c1-16-9-11-18(12-10-16)23(30(31,32)33)36-27-34-17(2)22(26-35-20-7-5-6-8-21(20)42-26)25(37-27)38-29-14-13-19(15-39)24(29)40-28(3,4)41-29/h5-12,19,23-24,39H,13-15H2,1-4H3,(H2,34,36,37,38). The number of rotatable bonds is 7. The molecule has 4 aromatic rings. The number of hydrogen-bond acceptors (Lipinski definition) is 9. The number of fused-ring (bicyclic) bond motifs is 2. The van der Waals surface area contributed by atoms with Crippen LogP contribution in [0.15, 0.2) is 48.5 Å². The Bertz CT molecular complexity index is 1580. The Labute approximate surface area is 245 Å². The Kier molecular flexibility index (Phi) is 7.16. The minimum Gasteiger partial charge on any atom is -0.396 e. The average Bonchev–Trinajstić information content (AvgIpc) is 3.55. The summed E-state index contributed by atoms with van der Waals surface area (Å²) in [6, 6.07) is 11.8. The summed E-state index contributed by atoms with van der Waals surface area (Å²) in [5, 5.41) is 16.6. The molecule has 0 radical (unpaired) electrons. The van der Waals surface area contributed by atoms with Gasteiger partial charge in [-0.1, -0.05) is 42.0 Å². The lowest BCUT2D eigenvalue weighted by Gasteiger charge is -2.31. The largest absolute Gasteiger partial charge is 0.412 e. The molecule has 1 saturated carbocycles. The molecule has 4 atom stereocenters. The maximum Gasteiger partial charge on any atom is 0.412 e. The van der Waals surface area contributed by atoms with Gasteiger partial charge >= 0.3 is 6.18 Å². The van der Waals surface area contributed by atoms with Crippen molar-refractivity contribution >= 4 is 33.3 Å². The number of aliphatic hydroxyl groups is 1. The topological polar surface area (TPSA) is 101 Å². The molecule has 2 aromatic heterocycles. The molecule has 2 aliphatic rings. The molecule has 222 valence electrons. The van der Waals surface area contributed by atoms with Gasteiger partial charge in [0.25, 0.3) is 0 Å². The SMILES string of the molecule is Cc1ccc(C(Nc2nc(C)c(-c3nc4ccccc4s3)c(NC34CCC(CO)C3OC(C)(C)O4)n2)C(F)(F)F)cc1. The molecule has 3 heterocycles. The number of para-hydroxylation sites is 1. The molecule has 1 saturated heterocycles. The predicted octanol–water partition coefficient (Wildman–Crippen LogP) is 6.75. The number of anilines is 2. The first kappa shape index (κ1) is 28.8. The van der Waals surface area contributed by atoms with E-state index in [1.165, 1.54) is 23.5 Å². The van der Waals surface area contributed by atoms with Crippen molar-refractivity contribution in [1.29, 1.82) is 0 Å². The number of aryl methyl sites for hydroxylation is 2. The molecule has 8 nitrogen and oxygen atoms in total. The Balaban J connectivity index is 1.46. The van der Waals surface area contributed by atoms with Crippen molar-refractivity contribution in [1.82, 2.24) is 15.0 Å². The normalized spacial score (nSPS) is 24.1. The number of ether oxygens (including phenoxy) is 2. The molecule has 12 heteroatoms. The van der Waals surface area contributed by atoms with E-state index in [0.717, 1.165) is 15.8 Å². The third-order valence-electron chi connectivity index (χ3n) is 7.79. The number of nitrogens with one attached hydrogen (secondary N) is 2. The van der Waals surface area contributed by atoms with Crippen LogP contribution in [0.3, 0.4) is 0 Å². The van der Waals surface area contributed by atoms with Gasteiger partial charge in [0.05, 0.1) is 21.5 Å². The van der Waals surface area contributed by atoms with E-state index in [0.29, 0.717) is 29.1 Å². The third-order valence-corrected chi connectivity index (χ3v) is 8.84. The summed E-state index contributed by atoms with van der Waals surface area (Å²) < 4.78 is 56.6. The van der Waals surface area contributed by atoms with E-state index in [9.17, 15) is 18.3 Å². The molecule has 4 unspecified atom stereocenters. The van der Waals surface area contributed by atoms with Crippen LogP contribution in [0.1, 0.15) is 49.6 Å². The van der Waals surface area contributed by atoms with Crippen molar-refractivity contribution in [2.45, 2.75) is 70.4 Å². The average molecular weight is 600 g/mol. The zero-order valence-corrected chi connectivity index (χ0v) is 24.4. The van der Waals surface area contributed by atoms with Crippen LogP contribution in [-0.4, -0.2) is 50.5 Å². The van der Waals surface area contributed by atoms with E-state index in [1.807, 2.05) is 31.2 Å². The lowest BCUT2D eigenvalue weighted by atomic mass is 10.0. The monoisotopic (exact) mass is 599 g/mol. The van der Waals surface area contributed by atoms with E-state index in [4.69, 9.17) is 14.5 Å². The van der Waals surface area contributed by atoms with E-state index in [2.05, 4.69) is 20.6 Å². The summed E-state index contributed by atoms with van der Waals surface area (Å²) in [7, 11) is 0. The van der Waals surface area contributed by atoms with Gasteiger partial charge in [-0.25, -0.2) is 9.97 Å². The van der Waals surface area contributed by atoms with Gasteiger partial charge in [0.1, 0.15) is 16.9 Å². The molecule has 0 spiro atoms. The summed E-state index contributed by atoms with van der Waals surface area (Å²) in [5.41, 5.74) is 1.65. The van der Waals surface area contributed by atoms with Crippen LogP contribution in [0.5, 0.6) is 0 Å². The van der Waals surface area contributed by atoms with E-state index < -0.39 is 29.8 Å². The second kappa shape index (κ2) is 10.4. The Morgan fingerprint density at radius 1 is 1.07 bits per heavy atom. The minimum atomic E-state index is -4.61. The number of nitrogens with zero attached hydrogens (tertiary/aromatic N) is 3. The maximum atomic E-state index is 14.3. The second-order valence-corrected chi connectivity index (χ2v) is 12.4. The molecule has 1 aliphatic carbocycles. The molecule has 0 amide bonds. The Hall–Kier alpha value is -3.32. The number of alkyl halides is 3. The fourth-order valence-electron chi connectivity index (χ4n) is 5.89. The number of aromatic nitrogens is 3. The van der Waals surface area contributed by atoms with Gasteiger partial charge in [-0.2, -0.15) is 18.2 Å². The van der Waals surface area contributed by atoms with Crippen LogP contribution in [0.25, 0.3) is 20.8 Å². The van der Waals surface area contributed by atoms with Crippen molar-refractivity contribution in [2.24, 2.45) is 5.92 Å². The van der Waals surface area contributed by atoms with E-state index in [-0.39, 0.29) is 29.9 Å². The maximum absolute atomic E-state index is 14.3. The molecule has 2 fully saturated rings. The highest BCUT2D eigenvalue weighted by molar-refractivity contribution is 7.21. The molecular weight excluding hydrogens is 567 g/mol. The Morgan fingerprint density at radius 3 is 2.50 bits per heavy atom. The van der Waals surface area contributed by atoms with Crippen molar-refractivity contribution < 1.29 is 27.8 Å². The predicted molar refractivity (Wildman–Crippen MR) is 155 cm³/mol. The van der Waals surface area contributed by atoms with Crippen LogP contribution < -0.4 is 10.6 Å². The van der Waals surface area contributed by atoms with Crippen LogP contribution >= 0.6 is 11.3 Å². The lowest BCUT2D eigenvalue weighted by molar-refractivity contribution is -0.168. The molecule has 0 bridgehead atoms. The second-order valence-electron chi connectivity index (χ2n) is 11.4. The number of hydrogen-bond donors (Lipinski definition) is 3. The summed E-state index contributed by atoms with van der Waals surface area (Å²) in [5.74, 6) is -1.04. The zero-order chi connectivity index (χ0) is 29.9. The first-order chi connectivity index (χ1) is 19.9. The van der Waals surface area contributed by atoms with Crippen molar-refractivity contribution in [3.05, 3.63) is 65.4 Å². The van der Waals surface area contributed by atoms with Gasteiger partial charge in [-0.3, -0.25) is 0 Å². The summed E-state index contributed by atoms with van der Waals surface area (Å²) in [6.45, 7) is 7.05. The van der Waals surface area contributed by atoms with E-state index in [1.54, 1.807) is 32.9 Å². The zero-order valence-electron chi connectivity index (χ0n) is 23.6. The van der Waals surface area contributed by atoms with Gasteiger partial charge in [0.2, 0.25) is 5.95 Å². The minimum absolute atomic E-state index is 0.0497. The quantitative estimate of drug-likeness (QED) is 0.215. The summed E-state index contributed by atoms with van der Waals surface area (Å²) in [6.07, 6.45) is -3.96. The molecule has 6 rings (SSSR count). The van der Waals surface area contributed by atoms with Gasteiger partial charge in [-0.15, -0.1) is 11.3 Å². The van der Waals surface area contributed by atoms with Crippen molar-refractivity contribution in [3.8, 4) is 10.6 Å². The molecule has 1 aliphatic heterocycles. The highest BCUT2D eigenvalue weighted by Crippen LogP contribution is 2.50. The number of aliphatic hydroxyl groups excluding tert-OH is 1. The van der Waals surface area contributed by atoms with Crippen molar-refractivity contribution in [2.75, 3.05) is 17.2 Å². The fraction of sp³-hybridized carbons (Fsp3) is 0.433. The lowest BCUT2D eigenvalue weighted by Crippen LogP contribution is -2.46. The van der Waals surface area contributed by atoms with Crippen molar-refractivity contribution in [3.63, 3.8) is 0 Å². The number of thiazole rings is 1. The highest BCUT2D eigenvalue weighted by atomic mass is 32.1. The van der Waals surface area contributed by atoms with Crippen LogP contribution in [0.2, 0.25) is 0 Å². The molecule has 2 aromatic carbocycles. The molecule has 3 N–H and O–H groups in total. The fourth-order valence-corrected chi connectivity index (χ4v) is 6.96. The number of halogens is 3. The summed E-state index contributed by atoms with van der Waals surface area (Å²) >= 11 is 1.44. The van der Waals surface area contributed by atoms with Gasteiger partial charge in [0, 0.05) is 12.5 Å². The van der Waals surface area contributed by atoms with Gasteiger partial charge in [0.15, 0.2) is 17.6 Å². The van der Waals surface area contributed by atoms with Crippen LogP contribution in [0.4, 0.5) is 24.9 Å². The summed E-state index contributed by atoms with van der Waals surface area (Å²) in [4.78, 5) is 13.9. The third kappa shape index (κ3) is 5.32. The molecule has 42 heavy (non-hydrogen) atoms. The first-order valence-electron chi connectivity index (χ1n) is 13.8. The highest BCUT2D eigenvalue weighted by Gasteiger charge is 2.60. The first-order valence-corrected chi connectivity index (χ1v) is 14.6. The van der Waals surface area contributed by atoms with Gasteiger partial charge < -0.3 is 25.2 Å². The Morgan fingerprint density at radius 2 is 1.81 bits per heavy atom.